The molecule has 0 aromatic heterocycles. The van der Waals surface area contributed by atoms with E-state index in [4.69, 9.17) is 4.74 Å². The molecular weight excluding hydrogens is 549 g/mol. The van der Waals surface area contributed by atoms with Crippen LogP contribution in [0.25, 0.3) is 0 Å². The fourth-order valence-corrected chi connectivity index (χ4v) is 4.30. The topological polar surface area (TPSA) is 160 Å². The van der Waals surface area contributed by atoms with Crippen LogP contribution in [0.15, 0.2) is 58.3 Å². The molecule has 0 radical (unpaired) electrons. The van der Waals surface area contributed by atoms with Crippen molar-refractivity contribution in [2.24, 2.45) is 0 Å². The Balaban J connectivity index is 0.000000574. The quantitative estimate of drug-likeness (QED) is 0.142. The van der Waals surface area contributed by atoms with Crippen LogP contribution in [0.5, 0.6) is 0 Å². The van der Waals surface area contributed by atoms with Crippen LogP contribution in [-0.4, -0.2) is 72.0 Å². The standard InChI is InChI=1S/C11H13FO5S.C6H5FO2S.C5H8O3.Na/c1-11(14,10(13)17-2)7-18(15,16)9-5-3-8(12)4-6-9;7-5-1-3-6(4-2-5)10(8)9;1-5(3-8-5)4(6)7-2;/h3-6,14H,7H2,1-2H3;1-4H,(H,8,9);3H2,1-2H3;/q;;;+1/p-1. The molecule has 3 unspecified atom stereocenters. The zero-order chi connectivity index (χ0) is 27.7. The molecule has 200 valence electrons. The molecule has 2 aromatic rings. The molecule has 3 atom stereocenters. The number of epoxide rings is 1. The molecule has 2 aromatic carbocycles. The fourth-order valence-electron chi connectivity index (χ4n) is 2.36. The van der Waals surface area contributed by atoms with E-state index in [-0.39, 0.29) is 45.3 Å². The summed E-state index contributed by atoms with van der Waals surface area (Å²) in [6.45, 7) is 3.25. The molecule has 0 saturated carbocycles. The van der Waals surface area contributed by atoms with Gasteiger partial charge < -0.3 is 23.9 Å². The van der Waals surface area contributed by atoms with Crippen molar-refractivity contribution in [3.63, 3.8) is 0 Å². The van der Waals surface area contributed by atoms with E-state index in [1.54, 1.807) is 6.92 Å². The van der Waals surface area contributed by atoms with Crippen LogP contribution in [0, 0.1) is 11.6 Å². The van der Waals surface area contributed by atoms with Crippen molar-refractivity contribution in [1.82, 2.24) is 0 Å². The van der Waals surface area contributed by atoms with Crippen LogP contribution >= 0.6 is 0 Å². The number of sulfone groups is 1. The first kappa shape index (κ1) is 35.2. The summed E-state index contributed by atoms with van der Waals surface area (Å²) in [7, 11) is -1.51. The van der Waals surface area contributed by atoms with Crippen molar-refractivity contribution >= 4 is 32.9 Å². The number of methoxy groups -OCH3 is 2. The predicted molar refractivity (Wildman–Crippen MR) is 121 cm³/mol. The third-order valence-corrected chi connectivity index (χ3v) is 7.06. The number of esters is 2. The average Bonchev–Trinajstić information content (AvgIpc) is 3.57. The van der Waals surface area contributed by atoms with E-state index < -0.39 is 55.5 Å². The molecule has 15 heteroatoms. The minimum absolute atomic E-state index is 0. The van der Waals surface area contributed by atoms with E-state index in [1.165, 1.54) is 19.2 Å². The molecule has 1 heterocycles. The normalized spacial score (nSPS) is 18.2. The summed E-state index contributed by atoms with van der Waals surface area (Å²) in [5.74, 6) is -3.17. The van der Waals surface area contributed by atoms with Gasteiger partial charge in [0.05, 0.1) is 31.5 Å². The Bertz CT molecular complexity index is 1170. The molecule has 0 amide bonds. The molecule has 0 aliphatic carbocycles. The first-order valence-electron chi connectivity index (χ1n) is 9.94. The number of carbonyl (C=O) groups is 2. The van der Waals surface area contributed by atoms with Gasteiger partial charge in [-0.15, -0.1) is 0 Å². The predicted octanol–water partition coefficient (Wildman–Crippen LogP) is -1.46. The Hall–Kier alpha value is -1.78. The van der Waals surface area contributed by atoms with E-state index >= 15 is 0 Å². The number of halogens is 2. The van der Waals surface area contributed by atoms with Gasteiger partial charge in [0, 0.05) is 4.90 Å². The van der Waals surface area contributed by atoms with Crippen molar-refractivity contribution in [2.75, 3.05) is 26.6 Å². The van der Waals surface area contributed by atoms with Crippen LogP contribution in [0.1, 0.15) is 13.8 Å². The SMILES string of the molecule is COC(=O)C(C)(O)CS(=O)(=O)c1ccc(F)cc1.COC(=O)C1(C)CO1.O=S([O-])c1ccc(F)cc1.[Na+]. The zero-order valence-electron chi connectivity index (χ0n) is 20.7. The molecule has 1 N–H and O–H groups in total. The largest absolute Gasteiger partial charge is 1.00 e. The molecule has 1 aliphatic heterocycles. The number of ether oxygens (including phenoxy) is 3. The Kier molecular flexibility index (Phi) is 14.3. The third kappa shape index (κ3) is 11.7. The number of hydrogen-bond donors (Lipinski definition) is 1. The van der Waals surface area contributed by atoms with Crippen molar-refractivity contribution in [1.29, 1.82) is 0 Å². The molecule has 1 saturated heterocycles. The van der Waals surface area contributed by atoms with Crippen molar-refractivity contribution in [3.8, 4) is 0 Å². The molecule has 37 heavy (non-hydrogen) atoms. The summed E-state index contributed by atoms with van der Waals surface area (Å²) in [6.07, 6.45) is 0. The van der Waals surface area contributed by atoms with Gasteiger partial charge in [0.15, 0.2) is 21.0 Å². The maximum absolute atomic E-state index is 12.7. The Labute approximate surface area is 237 Å². The van der Waals surface area contributed by atoms with Crippen LogP contribution in [0.4, 0.5) is 8.78 Å². The number of benzene rings is 2. The Morgan fingerprint density at radius 2 is 1.51 bits per heavy atom. The number of hydrogen-bond acceptors (Lipinski definition) is 10. The van der Waals surface area contributed by atoms with Crippen molar-refractivity contribution in [3.05, 3.63) is 60.2 Å². The Morgan fingerprint density at radius 3 is 1.84 bits per heavy atom. The fraction of sp³-hybridized carbons (Fsp3) is 0.364. The molecule has 3 rings (SSSR count). The maximum Gasteiger partial charge on any atom is 1.00 e. The maximum atomic E-state index is 12.7. The van der Waals surface area contributed by atoms with Crippen LogP contribution in [0.2, 0.25) is 0 Å². The summed E-state index contributed by atoms with van der Waals surface area (Å²) in [5, 5.41) is 9.71. The zero-order valence-corrected chi connectivity index (χ0v) is 24.4. The second-order valence-corrected chi connectivity index (χ2v) is 10.6. The first-order valence-corrected chi connectivity index (χ1v) is 12.7. The van der Waals surface area contributed by atoms with Gasteiger partial charge in [-0.25, -0.2) is 26.8 Å². The van der Waals surface area contributed by atoms with Crippen LogP contribution < -0.4 is 29.6 Å². The van der Waals surface area contributed by atoms with Crippen molar-refractivity contribution in [2.45, 2.75) is 34.8 Å². The second-order valence-electron chi connectivity index (χ2n) is 7.68. The van der Waals surface area contributed by atoms with Crippen molar-refractivity contribution < 1.29 is 84.4 Å². The monoisotopic (exact) mass is 574 g/mol. The van der Waals surface area contributed by atoms with Gasteiger partial charge in [0.25, 0.3) is 0 Å². The molecule has 10 nitrogen and oxygen atoms in total. The summed E-state index contributed by atoms with van der Waals surface area (Å²) in [4.78, 5) is 21.7. The molecule has 0 bridgehead atoms. The summed E-state index contributed by atoms with van der Waals surface area (Å²) in [5.41, 5.74) is -2.75. The van der Waals surface area contributed by atoms with E-state index in [2.05, 4.69) is 9.47 Å². The minimum atomic E-state index is -3.91. The molecule has 0 spiro atoms. The number of rotatable bonds is 6. The second kappa shape index (κ2) is 15.0. The molecule has 1 fully saturated rings. The van der Waals surface area contributed by atoms with Gasteiger partial charge in [0.2, 0.25) is 0 Å². The minimum Gasteiger partial charge on any atom is -0.768 e. The van der Waals surface area contributed by atoms with Gasteiger partial charge in [-0.05, 0) is 73.5 Å². The molecular formula is C22H25F2NaO10S2. The average molecular weight is 575 g/mol. The van der Waals surface area contributed by atoms with E-state index in [1.807, 2.05) is 0 Å². The van der Waals surface area contributed by atoms with Gasteiger partial charge in [-0.2, -0.15) is 0 Å². The summed E-state index contributed by atoms with van der Waals surface area (Å²) in [6, 6.07) is 8.72. The summed E-state index contributed by atoms with van der Waals surface area (Å²) < 4.78 is 82.5. The smallest absolute Gasteiger partial charge is 0.768 e. The van der Waals surface area contributed by atoms with Gasteiger partial charge in [-0.3, -0.25) is 4.21 Å². The van der Waals surface area contributed by atoms with Crippen LogP contribution in [-0.2, 0) is 44.7 Å². The van der Waals surface area contributed by atoms with Gasteiger partial charge >= 0.3 is 41.5 Å². The van der Waals surface area contributed by atoms with E-state index in [0.29, 0.717) is 6.61 Å². The first-order chi connectivity index (χ1) is 16.6. The van der Waals surface area contributed by atoms with E-state index in [9.17, 15) is 40.7 Å². The summed E-state index contributed by atoms with van der Waals surface area (Å²) >= 11 is -2.25. The molecule has 1 aliphatic rings. The van der Waals surface area contributed by atoms with E-state index in [0.717, 1.165) is 50.4 Å². The van der Waals surface area contributed by atoms with Gasteiger partial charge in [0.1, 0.15) is 11.6 Å². The number of carbonyl (C=O) groups excluding carboxylic acids is 2. The van der Waals surface area contributed by atoms with Crippen LogP contribution in [0.3, 0.4) is 0 Å². The Morgan fingerprint density at radius 1 is 1.08 bits per heavy atom. The number of aliphatic hydroxyl groups is 1. The van der Waals surface area contributed by atoms with Gasteiger partial charge in [-0.1, -0.05) is 0 Å². The third-order valence-electron chi connectivity index (χ3n) is 4.47.